The number of phenols is 1. The van der Waals surface area contributed by atoms with Gasteiger partial charge in [0, 0.05) is 11.6 Å². The minimum atomic E-state index is -1.20. The summed E-state index contributed by atoms with van der Waals surface area (Å²) in [5.74, 6) is 1.18. The molecular formula is C16H17NO4. The molecule has 3 N–H and O–H groups in total. The van der Waals surface area contributed by atoms with Crippen molar-refractivity contribution in [3.05, 3.63) is 23.8 Å². The summed E-state index contributed by atoms with van der Waals surface area (Å²) in [6.45, 7) is 0. The van der Waals surface area contributed by atoms with E-state index in [0.717, 1.165) is 11.8 Å². The number of benzene rings is 1. The van der Waals surface area contributed by atoms with Crippen molar-refractivity contribution in [2.45, 2.75) is 19.3 Å². The van der Waals surface area contributed by atoms with Gasteiger partial charge in [-0.05, 0) is 61.1 Å². The van der Waals surface area contributed by atoms with Crippen LogP contribution in [0.1, 0.15) is 29.6 Å². The van der Waals surface area contributed by atoms with Gasteiger partial charge in [-0.2, -0.15) is 0 Å². The molecule has 2 bridgehead atoms. The highest BCUT2D eigenvalue weighted by Crippen LogP contribution is 2.69. The number of amides is 1. The van der Waals surface area contributed by atoms with Gasteiger partial charge in [0.2, 0.25) is 5.91 Å². The van der Waals surface area contributed by atoms with Crippen LogP contribution in [0.3, 0.4) is 0 Å². The highest BCUT2D eigenvalue weighted by atomic mass is 16.4. The number of fused-ring (bicyclic) bond motifs is 5. The normalized spacial score (nSPS) is 35.3. The van der Waals surface area contributed by atoms with Crippen molar-refractivity contribution >= 4 is 17.6 Å². The number of nitrogens with one attached hydrogen (secondary N) is 1. The zero-order chi connectivity index (χ0) is 14.7. The molecule has 21 heavy (non-hydrogen) atoms. The fourth-order valence-electron chi connectivity index (χ4n) is 4.69. The molecule has 4 unspecified atom stereocenters. The maximum atomic E-state index is 12.4. The minimum Gasteiger partial charge on any atom is -0.507 e. The number of carbonyl (C=O) groups is 2. The van der Waals surface area contributed by atoms with E-state index < -0.39 is 5.97 Å². The number of aromatic carboxylic acids is 1. The van der Waals surface area contributed by atoms with Crippen molar-refractivity contribution in [3.8, 4) is 5.75 Å². The van der Waals surface area contributed by atoms with Crippen molar-refractivity contribution < 1.29 is 19.8 Å². The van der Waals surface area contributed by atoms with E-state index in [4.69, 9.17) is 5.11 Å². The van der Waals surface area contributed by atoms with Gasteiger partial charge < -0.3 is 15.5 Å². The Hall–Kier alpha value is -2.04. The van der Waals surface area contributed by atoms with Crippen LogP contribution in [0.4, 0.5) is 5.69 Å². The summed E-state index contributed by atoms with van der Waals surface area (Å²) in [6, 6.07) is 4.14. The Labute approximate surface area is 122 Å². The first-order valence-electron chi connectivity index (χ1n) is 7.43. The number of aromatic hydroxyl groups is 1. The predicted molar refractivity (Wildman–Crippen MR) is 75.0 cm³/mol. The third-order valence-electron chi connectivity index (χ3n) is 5.53. The molecule has 1 aromatic rings. The zero-order valence-electron chi connectivity index (χ0n) is 11.5. The summed E-state index contributed by atoms with van der Waals surface area (Å²) in [5, 5.41) is 21.3. The lowest BCUT2D eigenvalue weighted by molar-refractivity contribution is -0.118. The topological polar surface area (TPSA) is 86.6 Å². The monoisotopic (exact) mass is 287 g/mol. The smallest absolute Gasteiger partial charge is 0.339 e. The van der Waals surface area contributed by atoms with Crippen LogP contribution in [0.25, 0.3) is 0 Å². The molecule has 3 saturated carbocycles. The Kier molecular flexibility index (Phi) is 2.55. The number of carboxylic acids is 1. The molecule has 3 aliphatic carbocycles. The number of hydrogen-bond acceptors (Lipinski definition) is 3. The molecule has 1 amide bonds. The molecule has 3 fully saturated rings. The molecule has 4 atom stereocenters. The second-order valence-electron chi connectivity index (χ2n) is 6.54. The Balaban J connectivity index is 1.49. The molecule has 0 aliphatic heterocycles. The van der Waals surface area contributed by atoms with E-state index in [1.54, 1.807) is 0 Å². The van der Waals surface area contributed by atoms with Crippen molar-refractivity contribution in [2.24, 2.45) is 29.6 Å². The summed E-state index contributed by atoms with van der Waals surface area (Å²) in [6.07, 6.45) is 3.82. The maximum absolute atomic E-state index is 12.4. The number of carbonyl (C=O) groups excluding carboxylic acids is 1. The van der Waals surface area contributed by atoms with Crippen LogP contribution >= 0.6 is 0 Å². The maximum Gasteiger partial charge on any atom is 0.339 e. The molecule has 1 aromatic carbocycles. The van der Waals surface area contributed by atoms with E-state index in [1.807, 2.05) is 0 Å². The number of rotatable bonds is 3. The first kappa shape index (κ1) is 12.7. The van der Waals surface area contributed by atoms with Gasteiger partial charge in [-0.3, -0.25) is 4.79 Å². The highest BCUT2D eigenvalue weighted by molar-refractivity contribution is 5.97. The third kappa shape index (κ3) is 1.83. The van der Waals surface area contributed by atoms with Crippen molar-refractivity contribution in [1.82, 2.24) is 0 Å². The first-order chi connectivity index (χ1) is 10.1. The Morgan fingerprint density at radius 2 is 1.81 bits per heavy atom. The second kappa shape index (κ2) is 4.23. The molecule has 5 heteroatoms. The van der Waals surface area contributed by atoms with E-state index in [-0.39, 0.29) is 23.1 Å². The fourth-order valence-corrected chi connectivity index (χ4v) is 4.69. The van der Waals surface area contributed by atoms with E-state index in [0.29, 0.717) is 17.5 Å². The molecule has 0 heterocycles. The first-order valence-corrected chi connectivity index (χ1v) is 7.43. The number of anilines is 1. The quantitative estimate of drug-likeness (QED) is 0.745. The Bertz CT molecular complexity index is 625. The van der Waals surface area contributed by atoms with Crippen LogP contribution in [-0.2, 0) is 4.79 Å². The lowest BCUT2D eigenvalue weighted by atomic mass is 10.0. The molecule has 0 spiro atoms. The summed E-state index contributed by atoms with van der Waals surface area (Å²) >= 11 is 0. The molecule has 0 saturated heterocycles. The average Bonchev–Trinajstić information content (AvgIpc) is 2.90. The largest absolute Gasteiger partial charge is 0.507 e. The van der Waals surface area contributed by atoms with Crippen LogP contribution < -0.4 is 5.32 Å². The summed E-state index contributed by atoms with van der Waals surface area (Å²) in [5.41, 5.74) is 0.247. The van der Waals surface area contributed by atoms with Crippen LogP contribution in [0.15, 0.2) is 18.2 Å². The summed E-state index contributed by atoms with van der Waals surface area (Å²) in [4.78, 5) is 23.3. The lowest BCUT2D eigenvalue weighted by Gasteiger charge is -2.10. The summed E-state index contributed by atoms with van der Waals surface area (Å²) in [7, 11) is 0. The summed E-state index contributed by atoms with van der Waals surface area (Å²) < 4.78 is 0. The van der Waals surface area contributed by atoms with Crippen LogP contribution in [0.5, 0.6) is 5.75 Å². The second-order valence-corrected chi connectivity index (χ2v) is 6.54. The van der Waals surface area contributed by atoms with Crippen LogP contribution in [0.2, 0.25) is 0 Å². The van der Waals surface area contributed by atoms with Gasteiger partial charge in [0.05, 0.1) is 0 Å². The molecular weight excluding hydrogens is 270 g/mol. The number of carboxylic acid groups (broad SMARTS) is 1. The molecule has 0 aromatic heterocycles. The molecule has 4 rings (SSSR count). The predicted octanol–water partition coefficient (Wildman–Crippen LogP) is 2.32. The van der Waals surface area contributed by atoms with Gasteiger partial charge in [0.15, 0.2) is 0 Å². The van der Waals surface area contributed by atoms with Crippen LogP contribution in [0, 0.1) is 29.6 Å². The van der Waals surface area contributed by atoms with E-state index in [1.165, 1.54) is 37.5 Å². The van der Waals surface area contributed by atoms with Crippen molar-refractivity contribution in [2.75, 3.05) is 5.32 Å². The molecule has 5 nitrogen and oxygen atoms in total. The molecule has 110 valence electrons. The van der Waals surface area contributed by atoms with Gasteiger partial charge in [0.1, 0.15) is 11.3 Å². The average molecular weight is 287 g/mol. The van der Waals surface area contributed by atoms with Gasteiger partial charge in [0.25, 0.3) is 0 Å². The van der Waals surface area contributed by atoms with Crippen molar-refractivity contribution in [1.29, 1.82) is 0 Å². The zero-order valence-corrected chi connectivity index (χ0v) is 11.5. The standard InChI is InChI=1S/C16H17NO4/c18-11-4-3-9(6-10(11)16(20)21)17-15(19)14-12-7-1-2-8(5-7)13(12)14/h3-4,6-8,12-14,18H,1-2,5H2,(H,17,19)(H,20,21). The van der Waals surface area contributed by atoms with Gasteiger partial charge in [-0.15, -0.1) is 0 Å². The third-order valence-corrected chi connectivity index (χ3v) is 5.53. The van der Waals surface area contributed by atoms with Gasteiger partial charge in [-0.25, -0.2) is 4.79 Å². The highest BCUT2D eigenvalue weighted by Gasteiger charge is 2.67. The minimum absolute atomic E-state index is 0.00336. The van der Waals surface area contributed by atoms with E-state index >= 15 is 0 Å². The SMILES string of the molecule is O=C(O)c1cc(NC(=O)C2C3C4CCC(C4)C23)ccc1O. The van der Waals surface area contributed by atoms with Gasteiger partial charge in [-0.1, -0.05) is 0 Å². The van der Waals surface area contributed by atoms with Crippen molar-refractivity contribution in [3.63, 3.8) is 0 Å². The molecule has 3 aliphatic rings. The Morgan fingerprint density at radius 3 is 2.43 bits per heavy atom. The van der Waals surface area contributed by atoms with E-state index in [2.05, 4.69) is 5.32 Å². The fraction of sp³-hybridized carbons (Fsp3) is 0.500. The molecule has 0 radical (unpaired) electrons. The Morgan fingerprint density at radius 1 is 1.14 bits per heavy atom. The number of hydrogen-bond donors (Lipinski definition) is 3. The van der Waals surface area contributed by atoms with Gasteiger partial charge >= 0.3 is 5.97 Å². The van der Waals surface area contributed by atoms with E-state index in [9.17, 15) is 14.7 Å². The lowest BCUT2D eigenvalue weighted by Crippen LogP contribution is -2.18. The van der Waals surface area contributed by atoms with Crippen LogP contribution in [-0.4, -0.2) is 22.1 Å².